The van der Waals surface area contributed by atoms with E-state index >= 15 is 0 Å². The van der Waals surface area contributed by atoms with Crippen molar-refractivity contribution in [1.29, 1.82) is 0 Å². The fourth-order valence-electron chi connectivity index (χ4n) is 0.408. The van der Waals surface area contributed by atoms with Gasteiger partial charge >= 0.3 is 0 Å². The lowest BCUT2D eigenvalue weighted by atomic mass is 10.5. The Kier molecular flexibility index (Phi) is 20.1. The molecule has 0 aromatic rings. The molecule has 0 aliphatic heterocycles. The minimum absolute atomic E-state index is 0.844. The number of methoxy groups -OCH3 is 1. The van der Waals surface area contributed by atoms with E-state index in [4.69, 9.17) is 9.47 Å². The van der Waals surface area contributed by atoms with Crippen molar-refractivity contribution in [3.63, 3.8) is 0 Å². The minimum atomic E-state index is 0.844. The molecule has 0 spiro atoms. The molecule has 0 amide bonds. The van der Waals surface area contributed by atoms with E-state index < -0.39 is 0 Å². The van der Waals surface area contributed by atoms with Crippen LogP contribution in [0.3, 0.4) is 0 Å². The van der Waals surface area contributed by atoms with E-state index in [1.54, 1.807) is 7.11 Å². The summed E-state index contributed by atoms with van der Waals surface area (Å²) in [6.45, 7) is 8.64. The Hall–Kier alpha value is -0.0800. The lowest BCUT2D eigenvalue weighted by Gasteiger charge is -1.86. The predicted octanol–water partition coefficient (Wildman–Crippen LogP) is 2.09. The fraction of sp³-hybridized carbons (Fsp3) is 1.00. The van der Waals surface area contributed by atoms with E-state index in [2.05, 4.69) is 6.92 Å². The van der Waals surface area contributed by atoms with Crippen molar-refractivity contribution >= 4 is 0 Å². The summed E-state index contributed by atoms with van der Waals surface area (Å²) in [4.78, 5) is 0. The van der Waals surface area contributed by atoms with Gasteiger partial charge < -0.3 is 9.47 Å². The Morgan fingerprint density at radius 2 is 1.50 bits per heavy atom. The van der Waals surface area contributed by atoms with Gasteiger partial charge in [0, 0.05) is 26.9 Å². The molecule has 0 radical (unpaired) electrons. The van der Waals surface area contributed by atoms with Gasteiger partial charge in [-0.3, -0.25) is 0 Å². The van der Waals surface area contributed by atoms with Crippen LogP contribution in [-0.4, -0.2) is 26.9 Å². The first-order valence-electron chi connectivity index (χ1n) is 3.90. The molecule has 0 rings (SSSR count). The first-order valence-corrected chi connectivity index (χ1v) is 3.90. The maximum absolute atomic E-state index is 4.83. The van der Waals surface area contributed by atoms with Crippen molar-refractivity contribution in [3.8, 4) is 0 Å². The molecule has 10 heavy (non-hydrogen) atoms. The lowest BCUT2D eigenvalue weighted by Crippen LogP contribution is -1.84. The van der Waals surface area contributed by atoms with Crippen LogP contribution in [0.25, 0.3) is 0 Å². The highest BCUT2D eigenvalue weighted by atomic mass is 16.5. The van der Waals surface area contributed by atoms with Gasteiger partial charge in [0.1, 0.15) is 0 Å². The molecule has 2 nitrogen and oxygen atoms in total. The summed E-state index contributed by atoms with van der Waals surface area (Å²) in [5.41, 5.74) is 0. The van der Waals surface area contributed by atoms with Crippen LogP contribution >= 0.6 is 0 Å². The molecule has 0 heterocycles. The summed E-state index contributed by atoms with van der Waals surface area (Å²) in [5.74, 6) is 0. The van der Waals surface area contributed by atoms with Crippen LogP contribution < -0.4 is 0 Å². The zero-order valence-electron chi connectivity index (χ0n) is 7.64. The van der Waals surface area contributed by atoms with Crippen LogP contribution in [0.1, 0.15) is 27.2 Å². The average molecular weight is 148 g/mol. The number of hydrogen-bond donors (Lipinski definition) is 0. The summed E-state index contributed by atoms with van der Waals surface area (Å²) < 4.78 is 9.52. The van der Waals surface area contributed by atoms with Crippen LogP contribution in [0.2, 0.25) is 0 Å². The van der Waals surface area contributed by atoms with Gasteiger partial charge in [0.05, 0.1) is 0 Å². The smallest absolute Gasteiger partial charge is 0.0459 e. The molecule has 0 unspecified atom stereocenters. The standard InChI is InChI=1S/2C4H10O/c1-3-4-5-2;1-3-5-4-2/h2*3-4H2,1-2H3. The van der Waals surface area contributed by atoms with Crippen LogP contribution in [0.15, 0.2) is 0 Å². The molecule has 0 N–H and O–H groups in total. The van der Waals surface area contributed by atoms with Crippen molar-refractivity contribution in [2.75, 3.05) is 26.9 Å². The summed E-state index contributed by atoms with van der Waals surface area (Å²) in [6.07, 6.45) is 1.12. The summed E-state index contributed by atoms with van der Waals surface area (Å²) in [6, 6.07) is 0. The molecule has 0 aromatic heterocycles. The Morgan fingerprint density at radius 3 is 1.50 bits per heavy atom. The van der Waals surface area contributed by atoms with Crippen LogP contribution in [-0.2, 0) is 9.47 Å². The van der Waals surface area contributed by atoms with Gasteiger partial charge in [-0.1, -0.05) is 6.92 Å². The quantitative estimate of drug-likeness (QED) is 0.607. The highest BCUT2D eigenvalue weighted by molar-refractivity contribution is 4.15. The fourth-order valence-corrected chi connectivity index (χ4v) is 0.408. The first kappa shape index (κ1) is 12.6. The Balaban J connectivity index is 0. The lowest BCUT2D eigenvalue weighted by molar-refractivity contribution is 0.162. The highest BCUT2D eigenvalue weighted by Gasteiger charge is 1.66. The molecule has 0 atom stereocenters. The molecule has 0 fully saturated rings. The van der Waals surface area contributed by atoms with E-state index in [9.17, 15) is 0 Å². The van der Waals surface area contributed by atoms with Gasteiger partial charge in [-0.15, -0.1) is 0 Å². The molecule has 0 saturated carbocycles. The van der Waals surface area contributed by atoms with E-state index in [0.717, 1.165) is 26.2 Å². The summed E-state index contributed by atoms with van der Waals surface area (Å²) in [5, 5.41) is 0. The number of ether oxygens (including phenoxy) is 2. The molecule has 0 saturated heterocycles. The van der Waals surface area contributed by atoms with Crippen LogP contribution in [0, 0.1) is 0 Å². The van der Waals surface area contributed by atoms with E-state index in [0.29, 0.717) is 0 Å². The van der Waals surface area contributed by atoms with Crippen molar-refractivity contribution in [1.82, 2.24) is 0 Å². The molecule has 0 bridgehead atoms. The van der Waals surface area contributed by atoms with Gasteiger partial charge in [0.15, 0.2) is 0 Å². The second-order valence-corrected chi connectivity index (χ2v) is 1.77. The third kappa shape index (κ3) is 24.7. The first-order chi connectivity index (χ1) is 4.83. The van der Waals surface area contributed by atoms with Crippen LogP contribution in [0.5, 0.6) is 0 Å². The van der Waals surface area contributed by atoms with Crippen LogP contribution in [0.4, 0.5) is 0 Å². The van der Waals surface area contributed by atoms with Gasteiger partial charge in [0.2, 0.25) is 0 Å². The molecule has 2 heteroatoms. The van der Waals surface area contributed by atoms with Crippen molar-refractivity contribution in [3.05, 3.63) is 0 Å². The average Bonchev–Trinajstić information content (AvgIpc) is 1.93. The van der Waals surface area contributed by atoms with E-state index in [1.165, 1.54) is 0 Å². The Morgan fingerprint density at radius 1 is 1.00 bits per heavy atom. The molecular weight excluding hydrogens is 128 g/mol. The third-order valence-electron chi connectivity index (χ3n) is 0.816. The maximum Gasteiger partial charge on any atom is 0.0459 e. The zero-order valence-corrected chi connectivity index (χ0v) is 7.64. The van der Waals surface area contributed by atoms with Crippen molar-refractivity contribution in [2.24, 2.45) is 0 Å². The van der Waals surface area contributed by atoms with Gasteiger partial charge in [0.25, 0.3) is 0 Å². The minimum Gasteiger partial charge on any atom is -0.385 e. The molecule has 64 valence electrons. The Bertz CT molecular complexity index is 28.2. The molecular formula is C8H20O2. The maximum atomic E-state index is 4.83. The topological polar surface area (TPSA) is 18.5 Å². The SMILES string of the molecule is CCCOC.CCOCC. The second-order valence-electron chi connectivity index (χ2n) is 1.77. The van der Waals surface area contributed by atoms with Crippen molar-refractivity contribution in [2.45, 2.75) is 27.2 Å². The number of rotatable bonds is 4. The normalized spacial score (nSPS) is 8.40. The van der Waals surface area contributed by atoms with Gasteiger partial charge in [-0.2, -0.15) is 0 Å². The monoisotopic (exact) mass is 148 g/mol. The highest BCUT2D eigenvalue weighted by Crippen LogP contribution is 1.70. The second kappa shape index (κ2) is 16.0. The van der Waals surface area contributed by atoms with Gasteiger partial charge in [-0.05, 0) is 20.3 Å². The Labute approximate surface area is 64.5 Å². The third-order valence-corrected chi connectivity index (χ3v) is 0.816. The van der Waals surface area contributed by atoms with E-state index in [1.807, 2.05) is 13.8 Å². The van der Waals surface area contributed by atoms with Crippen molar-refractivity contribution < 1.29 is 9.47 Å². The molecule has 0 aliphatic carbocycles. The largest absolute Gasteiger partial charge is 0.385 e. The molecule has 0 aliphatic rings. The number of hydrogen-bond acceptors (Lipinski definition) is 2. The van der Waals surface area contributed by atoms with Gasteiger partial charge in [-0.25, -0.2) is 0 Å². The molecule has 0 aromatic carbocycles. The van der Waals surface area contributed by atoms with E-state index in [-0.39, 0.29) is 0 Å². The summed E-state index contributed by atoms with van der Waals surface area (Å²) >= 11 is 0. The zero-order chi connectivity index (χ0) is 8.24. The summed E-state index contributed by atoms with van der Waals surface area (Å²) in [7, 11) is 1.71. The predicted molar refractivity (Wildman–Crippen MR) is 44.3 cm³/mol.